The Morgan fingerprint density at radius 2 is 2.19 bits per heavy atom. The number of carbonyl (C=O) groups excluding carboxylic acids is 1. The molecule has 0 aliphatic rings. The molecule has 0 unspecified atom stereocenters. The number of H-pyrrole nitrogens is 1. The number of hydrogen-bond acceptors (Lipinski definition) is 5. The molecule has 1 heterocycles. The van der Waals surface area contributed by atoms with Gasteiger partial charge in [0, 0.05) is 5.54 Å². The fourth-order valence-corrected chi connectivity index (χ4v) is 1.17. The van der Waals surface area contributed by atoms with E-state index in [0.717, 1.165) is 0 Å². The number of nitrogen functional groups attached to an aromatic ring is 1. The Labute approximate surface area is 91.2 Å². The number of amides is 1. The molecular weight excluding hydrogens is 214 g/mol. The van der Waals surface area contributed by atoms with Crippen molar-refractivity contribution in [1.29, 1.82) is 0 Å². The molecule has 16 heavy (non-hydrogen) atoms. The Morgan fingerprint density at radius 3 is 2.62 bits per heavy atom. The van der Waals surface area contributed by atoms with Gasteiger partial charge < -0.3 is 16.2 Å². The number of carboxylic acids is 1. The molecule has 0 fully saturated rings. The van der Waals surface area contributed by atoms with Crippen LogP contribution in [0, 0.1) is 0 Å². The van der Waals surface area contributed by atoms with Crippen molar-refractivity contribution in [2.24, 2.45) is 0 Å². The van der Waals surface area contributed by atoms with Crippen molar-refractivity contribution < 1.29 is 14.7 Å². The monoisotopic (exact) mass is 227 g/mol. The Bertz CT molecular complexity index is 412. The molecule has 0 bridgehead atoms. The molecule has 0 aliphatic carbocycles. The summed E-state index contributed by atoms with van der Waals surface area (Å²) in [5.74, 6) is -1.63. The molecular formula is C8H13N5O3. The van der Waals surface area contributed by atoms with E-state index < -0.39 is 17.4 Å². The molecule has 88 valence electrons. The molecule has 0 aromatic carbocycles. The van der Waals surface area contributed by atoms with Gasteiger partial charge in [-0.05, 0) is 13.8 Å². The third-order valence-electron chi connectivity index (χ3n) is 1.76. The van der Waals surface area contributed by atoms with Gasteiger partial charge in [0.1, 0.15) is 0 Å². The lowest BCUT2D eigenvalue weighted by Crippen LogP contribution is -2.45. The number of aromatic amines is 1. The molecule has 0 saturated heterocycles. The van der Waals surface area contributed by atoms with Gasteiger partial charge in [0.2, 0.25) is 11.8 Å². The summed E-state index contributed by atoms with van der Waals surface area (Å²) in [5, 5.41) is 17.0. The lowest BCUT2D eigenvalue weighted by atomic mass is 10.0. The maximum atomic E-state index is 11.6. The SMILES string of the molecule is CC(C)(CC(=O)O)NC(=O)c1nc(N)n[nH]1. The van der Waals surface area contributed by atoms with E-state index in [0.29, 0.717) is 0 Å². The van der Waals surface area contributed by atoms with E-state index in [2.05, 4.69) is 20.5 Å². The van der Waals surface area contributed by atoms with Gasteiger partial charge in [0.15, 0.2) is 0 Å². The molecule has 1 aromatic rings. The molecule has 1 aromatic heterocycles. The second kappa shape index (κ2) is 4.17. The van der Waals surface area contributed by atoms with Crippen molar-refractivity contribution in [1.82, 2.24) is 20.5 Å². The van der Waals surface area contributed by atoms with Gasteiger partial charge in [-0.3, -0.25) is 14.7 Å². The first kappa shape index (κ1) is 12.0. The first-order valence-electron chi connectivity index (χ1n) is 4.52. The summed E-state index contributed by atoms with van der Waals surface area (Å²) in [4.78, 5) is 25.7. The number of anilines is 1. The van der Waals surface area contributed by atoms with Crippen LogP contribution < -0.4 is 11.1 Å². The zero-order chi connectivity index (χ0) is 12.3. The topological polar surface area (TPSA) is 134 Å². The van der Waals surface area contributed by atoms with E-state index in [1.165, 1.54) is 0 Å². The third-order valence-corrected chi connectivity index (χ3v) is 1.76. The van der Waals surface area contributed by atoms with E-state index in [-0.39, 0.29) is 18.2 Å². The minimum atomic E-state index is -0.998. The van der Waals surface area contributed by atoms with Crippen LogP contribution >= 0.6 is 0 Å². The molecule has 1 rings (SSSR count). The molecule has 0 saturated carbocycles. The van der Waals surface area contributed by atoms with Crippen molar-refractivity contribution in [2.45, 2.75) is 25.8 Å². The van der Waals surface area contributed by atoms with Crippen LogP contribution in [0.25, 0.3) is 0 Å². The van der Waals surface area contributed by atoms with Gasteiger partial charge >= 0.3 is 5.97 Å². The minimum Gasteiger partial charge on any atom is -0.481 e. The predicted octanol–water partition coefficient (Wildman–Crippen LogP) is -0.630. The van der Waals surface area contributed by atoms with E-state index in [4.69, 9.17) is 10.8 Å². The molecule has 8 nitrogen and oxygen atoms in total. The smallest absolute Gasteiger partial charge is 0.305 e. The van der Waals surface area contributed by atoms with Crippen LogP contribution in [-0.4, -0.2) is 37.7 Å². The van der Waals surface area contributed by atoms with Crippen molar-refractivity contribution in [3.05, 3.63) is 5.82 Å². The number of nitrogens with two attached hydrogens (primary N) is 1. The summed E-state index contributed by atoms with van der Waals surface area (Å²) in [6, 6.07) is 0. The maximum absolute atomic E-state index is 11.6. The predicted molar refractivity (Wildman–Crippen MR) is 54.6 cm³/mol. The summed E-state index contributed by atoms with van der Waals surface area (Å²) >= 11 is 0. The zero-order valence-corrected chi connectivity index (χ0v) is 8.94. The van der Waals surface area contributed by atoms with Crippen LogP contribution in [0.2, 0.25) is 0 Å². The highest BCUT2D eigenvalue weighted by molar-refractivity contribution is 5.91. The van der Waals surface area contributed by atoms with Crippen LogP contribution in [0.15, 0.2) is 0 Å². The number of aromatic nitrogens is 3. The van der Waals surface area contributed by atoms with E-state index in [9.17, 15) is 9.59 Å². The number of carbonyl (C=O) groups is 2. The van der Waals surface area contributed by atoms with Crippen molar-refractivity contribution in [2.75, 3.05) is 5.73 Å². The highest BCUT2D eigenvalue weighted by Crippen LogP contribution is 2.09. The summed E-state index contributed by atoms with van der Waals surface area (Å²) in [6.45, 7) is 3.19. The standard InChI is InChI=1S/C8H13N5O3/c1-8(2,3-4(14)15)11-6(16)5-10-7(9)13-12-5/h3H2,1-2H3,(H,11,16)(H,14,15)(H3,9,10,12,13). The summed E-state index contributed by atoms with van der Waals surface area (Å²) in [7, 11) is 0. The quantitative estimate of drug-likeness (QED) is 0.541. The normalized spacial score (nSPS) is 11.1. The highest BCUT2D eigenvalue weighted by atomic mass is 16.4. The van der Waals surface area contributed by atoms with Crippen LogP contribution in [0.5, 0.6) is 0 Å². The molecule has 0 radical (unpaired) electrons. The highest BCUT2D eigenvalue weighted by Gasteiger charge is 2.25. The Hall–Kier alpha value is -2.12. The van der Waals surface area contributed by atoms with Crippen LogP contribution in [0.1, 0.15) is 30.9 Å². The van der Waals surface area contributed by atoms with Crippen molar-refractivity contribution in [3.63, 3.8) is 0 Å². The van der Waals surface area contributed by atoms with Crippen molar-refractivity contribution >= 4 is 17.8 Å². The van der Waals surface area contributed by atoms with Gasteiger partial charge in [-0.15, -0.1) is 5.10 Å². The Morgan fingerprint density at radius 1 is 1.56 bits per heavy atom. The third kappa shape index (κ3) is 3.23. The number of aliphatic carboxylic acids is 1. The minimum absolute atomic E-state index is 0.0406. The van der Waals surface area contributed by atoms with Crippen molar-refractivity contribution in [3.8, 4) is 0 Å². The molecule has 1 amide bonds. The number of hydrogen-bond donors (Lipinski definition) is 4. The molecule has 5 N–H and O–H groups in total. The van der Waals surface area contributed by atoms with Gasteiger partial charge in [-0.2, -0.15) is 4.98 Å². The fourth-order valence-electron chi connectivity index (χ4n) is 1.17. The van der Waals surface area contributed by atoms with E-state index in [1.807, 2.05) is 0 Å². The Balaban J connectivity index is 2.67. The number of rotatable bonds is 4. The zero-order valence-electron chi connectivity index (χ0n) is 8.94. The second-order valence-electron chi connectivity index (χ2n) is 3.95. The molecule has 8 heteroatoms. The average molecular weight is 227 g/mol. The molecule has 0 aliphatic heterocycles. The average Bonchev–Trinajstić information content (AvgIpc) is 2.47. The summed E-state index contributed by atoms with van der Waals surface area (Å²) in [5.41, 5.74) is 4.36. The van der Waals surface area contributed by atoms with Crippen LogP contribution in [0.4, 0.5) is 5.95 Å². The summed E-state index contributed by atoms with van der Waals surface area (Å²) < 4.78 is 0. The van der Waals surface area contributed by atoms with Gasteiger partial charge in [0.25, 0.3) is 5.91 Å². The first-order chi connectivity index (χ1) is 7.30. The lowest BCUT2D eigenvalue weighted by molar-refractivity contribution is -0.138. The van der Waals surface area contributed by atoms with Crippen LogP contribution in [-0.2, 0) is 4.79 Å². The van der Waals surface area contributed by atoms with E-state index in [1.54, 1.807) is 13.8 Å². The fraction of sp³-hybridized carbons (Fsp3) is 0.500. The van der Waals surface area contributed by atoms with Gasteiger partial charge in [-0.25, -0.2) is 0 Å². The first-order valence-corrected chi connectivity index (χ1v) is 4.52. The van der Waals surface area contributed by atoms with Crippen LogP contribution in [0.3, 0.4) is 0 Å². The summed E-state index contributed by atoms with van der Waals surface area (Å²) in [6.07, 6.45) is -0.192. The molecule has 0 atom stereocenters. The number of nitrogens with one attached hydrogen (secondary N) is 2. The van der Waals surface area contributed by atoms with E-state index >= 15 is 0 Å². The largest absolute Gasteiger partial charge is 0.481 e. The van der Waals surface area contributed by atoms with Gasteiger partial charge in [0.05, 0.1) is 6.42 Å². The number of nitrogens with zero attached hydrogens (tertiary/aromatic N) is 2. The maximum Gasteiger partial charge on any atom is 0.305 e. The van der Waals surface area contributed by atoms with Gasteiger partial charge in [-0.1, -0.05) is 0 Å². The molecule has 0 spiro atoms. The Kier molecular flexibility index (Phi) is 3.11. The number of carboxylic acid groups (broad SMARTS) is 1. The lowest BCUT2D eigenvalue weighted by Gasteiger charge is -2.23. The second-order valence-corrected chi connectivity index (χ2v) is 3.95.